The number of ketones is 1. The fourth-order valence-corrected chi connectivity index (χ4v) is 1.39. The zero-order valence-electron chi connectivity index (χ0n) is 8.34. The molecular weight excluding hydrogens is 166 g/mol. The minimum Gasteiger partial charge on any atom is -0.318 e. The third-order valence-electron chi connectivity index (χ3n) is 2.24. The van der Waals surface area contributed by atoms with Gasteiger partial charge < -0.3 is 4.57 Å². The third-order valence-corrected chi connectivity index (χ3v) is 2.24. The highest BCUT2D eigenvalue weighted by atomic mass is 16.1. The first-order chi connectivity index (χ1) is 5.95. The maximum atomic E-state index is 11.5. The van der Waals surface area contributed by atoms with Crippen LogP contribution >= 0.6 is 0 Å². The fourth-order valence-electron chi connectivity index (χ4n) is 1.39. The molecule has 0 amide bonds. The van der Waals surface area contributed by atoms with Crippen molar-refractivity contribution >= 4 is 5.78 Å². The van der Waals surface area contributed by atoms with Gasteiger partial charge in [-0.05, 0) is 31.9 Å². The van der Waals surface area contributed by atoms with Crippen molar-refractivity contribution in [1.82, 2.24) is 4.57 Å². The second-order valence-corrected chi connectivity index (χ2v) is 3.28. The Balaban J connectivity index is 3.66. The van der Waals surface area contributed by atoms with Crippen LogP contribution in [-0.2, 0) is 7.05 Å². The molecule has 1 aromatic rings. The first-order valence-electron chi connectivity index (χ1n) is 4.13. The normalized spacial score (nSPS) is 10.2. The monoisotopic (exact) mass is 179 g/mol. The molecule has 0 aliphatic carbocycles. The summed E-state index contributed by atoms with van der Waals surface area (Å²) in [4.78, 5) is 22.7. The van der Waals surface area contributed by atoms with Gasteiger partial charge in [0.2, 0.25) is 0 Å². The summed E-state index contributed by atoms with van der Waals surface area (Å²) in [7, 11) is 1.65. The molecule has 0 saturated heterocycles. The molecule has 0 saturated carbocycles. The number of aromatic nitrogens is 1. The van der Waals surface area contributed by atoms with Crippen LogP contribution in [-0.4, -0.2) is 10.4 Å². The lowest BCUT2D eigenvalue weighted by atomic mass is 10.0. The molecule has 0 fully saturated rings. The van der Waals surface area contributed by atoms with Crippen molar-refractivity contribution < 1.29 is 4.79 Å². The lowest BCUT2D eigenvalue weighted by Gasteiger charge is -2.07. The molecule has 0 aliphatic rings. The highest BCUT2D eigenvalue weighted by Gasteiger charge is 2.12. The average molecular weight is 179 g/mol. The van der Waals surface area contributed by atoms with E-state index in [1.807, 2.05) is 6.92 Å². The fraction of sp³-hybridized carbons (Fsp3) is 0.400. The Labute approximate surface area is 77.0 Å². The number of pyridine rings is 1. The minimum absolute atomic E-state index is 0.165. The molecule has 13 heavy (non-hydrogen) atoms. The van der Waals surface area contributed by atoms with Crippen LogP contribution in [0.25, 0.3) is 0 Å². The van der Waals surface area contributed by atoms with Crippen LogP contribution in [0.3, 0.4) is 0 Å². The molecule has 1 heterocycles. The van der Waals surface area contributed by atoms with Gasteiger partial charge in [-0.3, -0.25) is 9.59 Å². The number of rotatable bonds is 1. The minimum atomic E-state index is -0.212. The topological polar surface area (TPSA) is 39.1 Å². The summed E-state index contributed by atoms with van der Waals surface area (Å²) < 4.78 is 1.44. The Morgan fingerprint density at radius 3 is 2.38 bits per heavy atom. The summed E-state index contributed by atoms with van der Waals surface area (Å²) in [5.74, 6) is -0.165. The molecule has 1 aromatic heterocycles. The van der Waals surface area contributed by atoms with Crippen LogP contribution in [0.1, 0.15) is 28.4 Å². The quantitative estimate of drug-likeness (QED) is 0.608. The molecule has 0 aliphatic heterocycles. The van der Waals surface area contributed by atoms with E-state index in [-0.39, 0.29) is 11.3 Å². The molecular formula is C10H13NO2. The summed E-state index contributed by atoms with van der Waals surface area (Å²) in [6.07, 6.45) is 1.74. The number of carbonyl (C=O) groups excluding carboxylic acids is 1. The first kappa shape index (κ1) is 9.71. The van der Waals surface area contributed by atoms with E-state index in [1.165, 1.54) is 11.5 Å². The van der Waals surface area contributed by atoms with E-state index in [1.54, 1.807) is 20.2 Å². The lowest BCUT2D eigenvalue weighted by molar-refractivity contribution is 0.101. The lowest BCUT2D eigenvalue weighted by Crippen LogP contribution is -2.25. The van der Waals surface area contributed by atoms with Crippen LogP contribution < -0.4 is 5.56 Å². The largest absolute Gasteiger partial charge is 0.318 e. The van der Waals surface area contributed by atoms with Gasteiger partial charge in [-0.2, -0.15) is 0 Å². The molecule has 0 radical (unpaired) electrons. The maximum Gasteiger partial charge on any atom is 0.261 e. The van der Waals surface area contributed by atoms with Crippen LogP contribution in [0, 0.1) is 13.8 Å². The molecule has 0 bridgehead atoms. The Hall–Kier alpha value is -1.38. The summed E-state index contributed by atoms with van der Waals surface area (Å²) in [6.45, 7) is 5.11. The van der Waals surface area contributed by atoms with Gasteiger partial charge in [-0.15, -0.1) is 0 Å². The van der Waals surface area contributed by atoms with Crippen LogP contribution in [0.2, 0.25) is 0 Å². The summed E-state index contributed by atoms with van der Waals surface area (Å²) in [5.41, 5.74) is 1.85. The summed E-state index contributed by atoms with van der Waals surface area (Å²) in [5, 5.41) is 0. The van der Waals surface area contributed by atoms with Crippen LogP contribution in [0.5, 0.6) is 0 Å². The third kappa shape index (κ3) is 1.54. The molecule has 0 N–H and O–H groups in total. The number of hydrogen-bond acceptors (Lipinski definition) is 2. The van der Waals surface area contributed by atoms with E-state index < -0.39 is 0 Å². The summed E-state index contributed by atoms with van der Waals surface area (Å²) >= 11 is 0. The number of carbonyl (C=O) groups is 1. The molecule has 0 spiro atoms. The smallest absolute Gasteiger partial charge is 0.261 e. The molecule has 0 unspecified atom stereocenters. The second-order valence-electron chi connectivity index (χ2n) is 3.28. The van der Waals surface area contributed by atoms with Gasteiger partial charge in [0.05, 0.1) is 5.56 Å². The van der Waals surface area contributed by atoms with Crippen molar-refractivity contribution in [1.29, 1.82) is 0 Å². The number of aryl methyl sites for hydroxylation is 2. The van der Waals surface area contributed by atoms with Gasteiger partial charge in [-0.1, -0.05) is 0 Å². The standard InChI is InChI=1S/C10H13NO2/c1-6-5-11(4)10(13)9(7(6)2)8(3)12/h5H,1-4H3. The van der Waals surface area contributed by atoms with Crippen LogP contribution in [0.15, 0.2) is 11.0 Å². The predicted octanol–water partition coefficient (Wildman–Crippen LogP) is 1.20. The van der Waals surface area contributed by atoms with Crippen molar-refractivity contribution in [3.05, 3.63) is 33.2 Å². The number of hydrogen-bond donors (Lipinski definition) is 0. The zero-order chi connectivity index (χ0) is 10.2. The van der Waals surface area contributed by atoms with Crippen molar-refractivity contribution in [2.45, 2.75) is 20.8 Å². The van der Waals surface area contributed by atoms with Gasteiger partial charge >= 0.3 is 0 Å². The Morgan fingerprint density at radius 2 is 1.92 bits per heavy atom. The number of nitrogens with zero attached hydrogens (tertiary/aromatic N) is 1. The van der Waals surface area contributed by atoms with Gasteiger partial charge in [0.25, 0.3) is 5.56 Å². The molecule has 0 aromatic carbocycles. The van der Waals surface area contributed by atoms with Gasteiger partial charge in [0.1, 0.15) is 0 Å². The molecule has 3 nitrogen and oxygen atoms in total. The zero-order valence-corrected chi connectivity index (χ0v) is 8.34. The van der Waals surface area contributed by atoms with Crippen molar-refractivity contribution in [2.75, 3.05) is 0 Å². The first-order valence-corrected chi connectivity index (χ1v) is 4.13. The molecule has 0 atom stereocenters. The maximum absolute atomic E-state index is 11.5. The van der Waals surface area contributed by atoms with E-state index in [4.69, 9.17) is 0 Å². The average Bonchev–Trinajstić information content (AvgIpc) is 2.01. The van der Waals surface area contributed by atoms with E-state index in [2.05, 4.69) is 0 Å². The predicted molar refractivity (Wildman–Crippen MR) is 51.2 cm³/mol. The van der Waals surface area contributed by atoms with Gasteiger partial charge in [0, 0.05) is 13.2 Å². The Morgan fingerprint density at radius 1 is 1.38 bits per heavy atom. The Bertz CT molecular complexity index is 416. The summed E-state index contributed by atoms with van der Waals surface area (Å²) in [6, 6.07) is 0. The highest BCUT2D eigenvalue weighted by Crippen LogP contribution is 2.08. The van der Waals surface area contributed by atoms with Crippen molar-refractivity contribution in [2.24, 2.45) is 7.05 Å². The molecule has 3 heteroatoms. The van der Waals surface area contributed by atoms with E-state index >= 15 is 0 Å². The SMILES string of the molecule is CC(=O)c1c(C)c(C)cn(C)c1=O. The second kappa shape index (κ2) is 3.17. The van der Waals surface area contributed by atoms with E-state index in [0.717, 1.165) is 11.1 Å². The Kier molecular flexibility index (Phi) is 2.36. The molecule has 70 valence electrons. The highest BCUT2D eigenvalue weighted by molar-refractivity contribution is 5.95. The molecule has 1 rings (SSSR count). The van der Waals surface area contributed by atoms with Gasteiger partial charge in [0.15, 0.2) is 5.78 Å². The van der Waals surface area contributed by atoms with Crippen molar-refractivity contribution in [3.8, 4) is 0 Å². The van der Waals surface area contributed by atoms with Gasteiger partial charge in [-0.25, -0.2) is 0 Å². The van der Waals surface area contributed by atoms with E-state index in [0.29, 0.717) is 5.56 Å². The van der Waals surface area contributed by atoms with Crippen molar-refractivity contribution in [3.63, 3.8) is 0 Å². The van der Waals surface area contributed by atoms with Crippen LogP contribution in [0.4, 0.5) is 0 Å². The number of Topliss-reactive ketones (excluding diaryl/α,β-unsaturated/α-hetero) is 1. The van der Waals surface area contributed by atoms with E-state index in [9.17, 15) is 9.59 Å².